The Labute approximate surface area is 164 Å². The van der Waals surface area contributed by atoms with E-state index in [2.05, 4.69) is 32.9 Å². The van der Waals surface area contributed by atoms with Gasteiger partial charge >= 0.3 is 6.01 Å². The first-order valence-corrected chi connectivity index (χ1v) is 8.59. The van der Waals surface area contributed by atoms with Gasteiger partial charge in [0.2, 0.25) is 0 Å². The first-order chi connectivity index (χ1) is 12.2. The van der Waals surface area contributed by atoms with Crippen LogP contribution in [0.4, 0.5) is 5.82 Å². The number of anilines is 1. The largest absolute Gasteiger partial charge is 0.423 e. The van der Waals surface area contributed by atoms with Crippen LogP contribution in [0.5, 0.6) is 11.8 Å². The van der Waals surface area contributed by atoms with E-state index in [-0.39, 0.29) is 17.0 Å². The minimum Gasteiger partial charge on any atom is -0.423 e. The Kier molecular flexibility index (Phi) is 11.4. The van der Waals surface area contributed by atoms with Crippen molar-refractivity contribution < 1.29 is 15.7 Å². The molecule has 0 spiro atoms. The van der Waals surface area contributed by atoms with Crippen molar-refractivity contribution in [1.82, 2.24) is 15.0 Å². The van der Waals surface area contributed by atoms with E-state index in [9.17, 15) is 0 Å². The van der Waals surface area contributed by atoms with Gasteiger partial charge in [0.05, 0.1) is 6.20 Å². The van der Waals surface area contributed by atoms with E-state index in [0.717, 1.165) is 16.0 Å². The van der Waals surface area contributed by atoms with E-state index in [1.165, 1.54) is 0 Å². The van der Waals surface area contributed by atoms with Crippen molar-refractivity contribution in [3.63, 3.8) is 0 Å². The van der Waals surface area contributed by atoms with E-state index >= 15 is 0 Å². The molecule has 1 aromatic carbocycles. The summed E-state index contributed by atoms with van der Waals surface area (Å²) in [6.07, 6.45) is 5.05. The van der Waals surface area contributed by atoms with E-state index in [0.29, 0.717) is 18.1 Å². The van der Waals surface area contributed by atoms with Crippen LogP contribution < -0.4 is 10.1 Å². The van der Waals surface area contributed by atoms with E-state index in [1.54, 1.807) is 24.7 Å². The van der Waals surface area contributed by atoms with Crippen molar-refractivity contribution in [3.05, 3.63) is 66.1 Å². The van der Waals surface area contributed by atoms with Crippen molar-refractivity contribution in [3.8, 4) is 11.8 Å². The summed E-state index contributed by atoms with van der Waals surface area (Å²) in [5.41, 5.74) is 2.11. The van der Waals surface area contributed by atoms with Gasteiger partial charge in [0.25, 0.3) is 0 Å². The number of hydrogen-bond acceptors (Lipinski definition) is 6. The molecule has 3 rings (SSSR count). The summed E-state index contributed by atoms with van der Waals surface area (Å²) in [6, 6.07) is 11.9. The van der Waals surface area contributed by atoms with E-state index in [1.807, 2.05) is 51.1 Å². The molecule has 0 aliphatic rings. The molecule has 7 nitrogen and oxygen atoms in total. The lowest BCUT2D eigenvalue weighted by molar-refractivity contribution is 0.440. The van der Waals surface area contributed by atoms with Crippen LogP contribution in [0.1, 0.15) is 25.0 Å². The molecular weight excluding hydrogens is 364 g/mol. The fraction of sp³-hybridized carbons (Fsp3) is 0.211. The van der Waals surface area contributed by atoms with Crippen molar-refractivity contribution in [2.75, 3.05) is 5.32 Å². The summed E-state index contributed by atoms with van der Waals surface area (Å²) in [7, 11) is 0. The monoisotopic (exact) mass is 390 g/mol. The standard InChI is InChI=1S/C17H16N4OS.C2H6.2H2O/c1-12-8-14(11-18-9-12)22-17-19-7-6-16(21-17)20-10-13-4-2-3-5-15(13)23;1-2;;/h2-9,11,23H,10H2,1H3,(H,19,20,21);1-2H3;2*1H2. The molecule has 8 heteroatoms. The van der Waals surface area contributed by atoms with Crippen molar-refractivity contribution in [2.24, 2.45) is 0 Å². The number of ether oxygens (including phenoxy) is 1. The third kappa shape index (κ3) is 7.61. The van der Waals surface area contributed by atoms with Gasteiger partial charge in [-0.05, 0) is 36.2 Å². The van der Waals surface area contributed by atoms with Crippen molar-refractivity contribution in [1.29, 1.82) is 0 Å². The number of benzene rings is 1. The molecule has 0 saturated heterocycles. The lowest BCUT2D eigenvalue weighted by atomic mass is 10.2. The highest BCUT2D eigenvalue weighted by atomic mass is 32.1. The van der Waals surface area contributed by atoms with Crippen LogP contribution in [-0.4, -0.2) is 25.9 Å². The zero-order chi connectivity index (χ0) is 18.1. The highest BCUT2D eigenvalue weighted by molar-refractivity contribution is 7.80. The van der Waals surface area contributed by atoms with Gasteiger partial charge in [-0.15, -0.1) is 12.6 Å². The van der Waals surface area contributed by atoms with Crippen LogP contribution in [0.15, 0.2) is 59.9 Å². The first-order valence-electron chi connectivity index (χ1n) is 8.14. The average molecular weight is 391 g/mol. The molecule has 0 aliphatic carbocycles. The second kappa shape index (κ2) is 12.6. The quantitative estimate of drug-likeness (QED) is 0.647. The molecule has 0 unspecified atom stereocenters. The molecule has 0 fully saturated rings. The molecule has 0 amide bonds. The third-order valence-electron chi connectivity index (χ3n) is 3.14. The van der Waals surface area contributed by atoms with Crippen LogP contribution in [0.3, 0.4) is 0 Å². The van der Waals surface area contributed by atoms with Crippen LogP contribution in [-0.2, 0) is 6.54 Å². The van der Waals surface area contributed by atoms with E-state index in [4.69, 9.17) is 4.74 Å². The van der Waals surface area contributed by atoms with Crippen LogP contribution in [0.25, 0.3) is 0 Å². The maximum Gasteiger partial charge on any atom is 0.323 e. The Hall–Kier alpha value is -2.68. The zero-order valence-corrected chi connectivity index (χ0v) is 16.5. The number of thiol groups is 1. The fourth-order valence-electron chi connectivity index (χ4n) is 2.02. The van der Waals surface area contributed by atoms with Gasteiger partial charge in [-0.25, -0.2) is 4.98 Å². The summed E-state index contributed by atoms with van der Waals surface area (Å²) in [4.78, 5) is 13.5. The second-order valence-electron chi connectivity index (χ2n) is 5.01. The Balaban J connectivity index is 0.00000164. The number of nitrogens with zero attached hydrogens (tertiary/aromatic N) is 3. The normalized spacial score (nSPS) is 9.04. The molecule has 0 aliphatic heterocycles. The van der Waals surface area contributed by atoms with Crippen molar-refractivity contribution in [2.45, 2.75) is 32.2 Å². The van der Waals surface area contributed by atoms with E-state index < -0.39 is 0 Å². The number of hydrogen-bond donors (Lipinski definition) is 2. The number of aromatic nitrogens is 3. The predicted molar refractivity (Wildman–Crippen MR) is 111 cm³/mol. The lowest BCUT2D eigenvalue weighted by Crippen LogP contribution is -2.03. The van der Waals surface area contributed by atoms with Crippen molar-refractivity contribution >= 4 is 18.4 Å². The van der Waals surface area contributed by atoms with Crippen LogP contribution in [0.2, 0.25) is 0 Å². The molecule has 2 aromatic heterocycles. The number of nitrogens with one attached hydrogen (secondary N) is 1. The molecule has 0 atom stereocenters. The Morgan fingerprint density at radius 2 is 1.81 bits per heavy atom. The molecule has 27 heavy (non-hydrogen) atoms. The Morgan fingerprint density at radius 3 is 2.52 bits per heavy atom. The van der Waals surface area contributed by atoms with Gasteiger partial charge in [-0.1, -0.05) is 32.0 Å². The van der Waals surface area contributed by atoms with Crippen LogP contribution >= 0.6 is 12.6 Å². The smallest absolute Gasteiger partial charge is 0.323 e. The summed E-state index contributed by atoms with van der Waals surface area (Å²) >= 11 is 4.44. The molecular formula is C19H26N4O3S. The SMILES string of the molecule is CC.Cc1cncc(Oc2nccc(NCc3ccccc3S)n2)c1.O.O. The highest BCUT2D eigenvalue weighted by Crippen LogP contribution is 2.19. The molecule has 2 heterocycles. The van der Waals surface area contributed by atoms with Gasteiger partial charge in [-0.3, -0.25) is 4.98 Å². The summed E-state index contributed by atoms with van der Waals surface area (Å²) in [5.74, 6) is 1.30. The molecule has 3 aromatic rings. The maximum absolute atomic E-state index is 5.64. The minimum absolute atomic E-state index is 0. The minimum atomic E-state index is 0. The molecule has 0 radical (unpaired) electrons. The summed E-state index contributed by atoms with van der Waals surface area (Å²) in [5, 5.41) is 3.24. The third-order valence-corrected chi connectivity index (χ3v) is 3.58. The Bertz CT molecular complexity index is 818. The predicted octanol–water partition coefficient (Wildman–Crippen LogP) is 3.25. The second-order valence-corrected chi connectivity index (χ2v) is 5.49. The van der Waals surface area contributed by atoms with Gasteiger partial charge in [0, 0.05) is 23.8 Å². The van der Waals surface area contributed by atoms with Gasteiger partial charge in [-0.2, -0.15) is 4.98 Å². The number of aryl methyl sites for hydroxylation is 1. The fourth-order valence-corrected chi connectivity index (χ4v) is 2.26. The first kappa shape index (κ1) is 24.3. The summed E-state index contributed by atoms with van der Waals surface area (Å²) < 4.78 is 5.64. The number of rotatable bonds is 5. The van der Waals surface area contributed by atoms with Crippen LogP contribution in [0, 0.1) is 6.92 Å². The molecule has 146 valence electrons. The summed E-state index contributed by atoms with van der Waals surface area (Å²) in [6.45, 7) is 6.58. The molecule has 0 saturated carbocycles. The maximum atomic E-state index is 5.64. The highest BCUT2D eigenvalue weighted by Gasteiger charge is 2.04. The average Bonchev–Trinajstić information content (AvgIpc) is 2.63. The zero-order valence-electron chi connectivity index (χ0n) is 15.6. The molecule has 0 bridgehead atoms. The van der Waals surface area contributed by atoms with Gasteiger partial charge in [0.1, 0.15) is 11.6 Å². The van der Waals surface area contributed by atoms with Gasteiger partial charge < -0.3 is 21.0 Å². The Morgan fingerprint density at radius 1 is 1.07 bits per heavy atom. The molecule has 5 N–H and O–H groups in total. The topological polar surface area (TPSA) is 123 Å². The van der Waals surface area contributed by atoms with Gasteiger partial charge in [0.15, 0.2) is 0 Å². The number of pyridine rings is 1. The lowest BCUT2D eigenvalue weighted by Gasteiger charge is -2.09.